The highest BCUT2D eigenvalue weighted by Gasteiger charge is 2.33. The second kappa shape index (κ2) is 11.1. The minimum Gasteiger partial charge on any atom is -0.494 e. The monoisotopic (exact) mass is 650 g/mol. The fourth-order valence-electron chi connectivity index (χ4n) is 3.97. The number of carbonyl (C=O) groups is 1. The van der Waals surface area contributed by atoms with E-state index in [1.807, 2.05) is 48.7 Å². The third-order valence-corrected chi connectivity index (χ3v) is 8.44. The molecule has 3 aromatic rings. The lowest BCUT2D eigenvalue weighted by molar-refractivity contribution is -0.143. The summed E-state index contributed by atoms with van der Waals surface area (Å²) in [7, 11) is 1.60. The van der Waals surface area contributed by atoms with Crippen molar-refractivity contribution in [3.05, 3.63) is 87.4 Å². The molecule has 188 valence electrons. The molecule has 0 radical (unpaired) electrons. The third-order valence-electron chi connectivity index (χ3n) is 5.54. The number of aromatic nitrogens is 1. The standard InChI is InChI=1S/C26H24Br2N2O4S2/c1-13(2)34-25(32)21-14(3)29-26-30(22(21)16-6-8-17(35-5)9-7-16)24(31)20(36-26)12-15-10-18(27)23(33-4)19(28)11-15/h6-13,22H,1-5H3/b20-12-/t22-/m1/s1. The Labute approximate surface area is 234 Å². The van der Waals surface area contributed by atoms with Gasteiger partial charge in [0, 0.05) is 4.90 Å². The van der Waals surface area contributed by atoms with Crippen molar-refractivity contribution in [3.63, 3.8) is 0 Å². The van der Waals surface area contributed by atoms with E-state index < -0.39 is 12.0 Å². The summed E-state index contributed by atoms with van der Waals surface area (Å²) in [6.07, 6.45) is 3.52. The summed E-state index contributed by atoms with van der Waals surface area (Å²) >= 11 is 9.95. The first kappa shape index (κ1) is 26.9. The van der Waals surface area contributed by atoms with Crippen LogP contribution >= 0.6 is 55.0 Å². The summed E-state index contributed by atoms with van der Waals surface area (Å²) in [5.74, 6) is 0.203. The van der Waals surface area contributed by atoms with Gasteiger partial charge in [0.1, 0.15) is 5.75 Å². The number of benzene rings is 2. The number of methoxy groups -OCH3 is 1. The Hall–Kier alpha value is -2.14. The summed E-state index contributed by atoms with van der Waals surface area (Å²) < 4.78 is 14.6. The summed E-state index contributed by atoms with van der Waals surface area (Å²) in [6, 6.07) is 11.0. The quantitative estimate of drug-likeness (QED) is 0.262. The van der Waals surface area contributed by atoms with Gasteiger partial charge in [-0.25, -0.2) is 9.79 Å². The van der Waals surface area contributed by atoms with Crippen molar-refractivity contribution in [2.75, 3.05) is 13.4 Å². The summed E-state index contributed by atoms with van der Waals surface area (Å²) in [5, 5.41) is 0. The zero-order valence-corrected chi connectivity index (χ0v) is 25.1. The molecule has 0 unspecified atom stereocenters. The molecule has 0 aliphatic carbocycles. The fraction of sp³-hybridized carbons (Fsp3) is 0.269. The molecule has 36 heavy (non-hydrogen) atoms. The van der Waals surface area contributed by atoms with Crippen LogP contribution in [0.15, 0.2) is 71.3 Å². The fourth-order valence-corrected chi connectivity index (χ4v) is 6.97. The molecule has 2 aromatic carbocycles. The molecule has 0 fully saturated rings. The zero-order chi connectivity index (χ0) is 26.1. The number of allylic oxidation sites excluding steroid dienone is 1. The number of thioether (sulfide) groups is 1. The van der Waals surface area contributed by atoms with Crippen LogP contribution in [0.2, 0.25) is 0 Å². The Kier molecular flexibility index (Phi) is 8.28. The molecule has 1 aliphatic rings. The molecule has 2 heterocycles. The number of halogens is 2. The van der Waals surface area contributed by atoms with Gasteiger partial charge in [0.15, 0.2) is 4.80 Å². The van der Waals surface area contributed by atoms with Crippen molar-refractivity contribution in [1.29, 1.82) is 0 Å². The SMILES string of the molecule is COc1c(Br)cc(/C=c2\sc3n(c2=O)[C@H](c2ccc(SC)cc2)C(C(=O)OC(C)C)=C(C)N=3)cc1Br. The number of hydrogen-bond acceptors (Lipinski definition) is 7. The molecule has 0 spiro atoms. The average Bonchev–Trinajstić information content (AvgIpc) is 3.12. The van der Waals surface area contributed by atoms with Crippen molar-refractivity contribution in [2.24, 2.45) is 4.99 Å². The highest BCUT2D eigenvalue weighted by molar-refractivity contribution is 9.11. The Balaban J connectivity index is 1.93. The van der Waals surface area contributed by atoms with E-state index in [-0.39, 0.29) is 11.7 Å². The van der Waals surface area contributed by atoms with Crippen LogP contribution < -0.4 is 19.6 Å². The van der Waals surface area contributed by atoms with Crippen molar-refractivity contribution in [2.45, 2.75) is 37.8 Å². The number of thiazole rings is 1. The van der Waals surface area contributed by atoms with Crippen LogP contribution in [0.1, 0.15) is 37.9 Å². The molecular weight excluding hydrogens is 628 g/mol. The van der Waals surface area contributed by atoms with Crippen LogP contribution in [0.4, 0.5) is 0 Å². The number of carbonyl (C=O) groups excluding carboxylic acids is 1. The van der Waals surface area contributed by atoms with Crippen LogP contribution in [0.25, 0.3) is 6.08 Å². The predicted octanol–water partition coefficient (Wildman–Crippen LogP) is 5.44. The van der Waals surface area contributed by atoms with Gasteiger partial charge in [0.2, 0.25) is 0 Å². The molecule has 10 heteroatoms. The van der Waals surface area contributed by atoms with Gasteiger partial charge in [0.25, 0.3) is 5.56 Å². The van der Waals surface area contributed by atoms with Gasteiger partial charge in [-0.15, -0.1) is 11.8 Å². The molecule has 4 rings (SSSR count). The minimum atomic E-state index is -0.639. The molecule has 0 bridgehead atoms. The Bertz CT molecular complexity index is 1520. The first-order valence-corrected chi connectivity index (χ1v) is 14.7. The second-order valence-corrected chi connectivity index (χ2v) is 11.9. The number of ether oxygens (including phenoxy) is 2. The molecule has 0 saturated carbocycles. The summed E-state index contributed by atoms with van der Waals surface area (Å²) in [5.41, 5.74) is 2.33. The van der Waals surface area contributed by atoms with E-state index in [9.17, 15) is 9.59 Å². The van der Waals surface area contributed by atoms with Crippen molar-refractivity contribution >= 4 is 67.0 Å². The van der Waals surface area contributed by atoms with E-state index in [0.29, 0.717) is 26.4 Å². The number of fused-ring (bicyclic) bond motifs is 1. The Morgan fingerprint density at radius 3 is 2.39 bits per heavy atom. The van der Waals surface area contributed by atoms with Gasteiger partial charge < -0.3 is 9.47 Å². The van der Waals surface area contributed by atoms with Crippen LogP contribution in [0.5, 0.6) is 5.75 Å². The third kappa shape index (κ3) is 5.27. The molecule has 0 saturated heterocycles. The van der Waals surface area contributed by atoms with Crippen LogP contribution in [-0.2, 0) is 9.53 Å². The molecule has 6 nitrogen and oxygen atoms in total. The van der Waals surface area contributed by atoms with E-state index >= 15 is 0 Å². The largest absolute Gasteiger partial charge is 0.494 e. The van der Waals surface area contributed by atoms with Gasteiger partial charge in [-0.1, -0.05) is 23.5 Å². The maximum atomic E-state index is 13.8. The topological polar surface area (TPSA) is 69.9 Å². The zero-order valence-electron chi connectivity index (χ0n) is 20.3. The second-order valence-electron chi connectivity index (χ2n) is 8.33. The number of esters is 1. The smallest absolute Gasteiger partial charge is 0.338 e. The number of hydrogen-bond donors (Lipinski definition) is 0. The Morgan fingerprint density at radius 1 is 1.19 bits per heavy atom. The lowest BCUT2D eigenvalue weighted by Crippen LogP contribution is -2.40. The minimum absolute atomic E-state index is 0.219. The number of nitrogens with zero attached hydrogens (tertiary/aromatic N) is 2. The summed E-state index contributed by atoms with van der Waals surface area (Å²) in [4.78, 5) is 33.2. The van der Waals surface area contributed by atoms with E-state index in [4.69, 9.17) is 9.47 Å². The van der Waals surface area contributed by atoms with Crippen molar-refractivity contribution in [3.8, 4) is 5.75 Å². The molecular formula is C26H24Br2N2O4S2. The molecule has 0 amide bonds. The van der Waals surface area contributed by atoms with Gasteiger partial charge in [-0.05, 0) is 100 Å². The lowest BCUT2D eigenvalue weighted by Gasteiger charge is -2.25. The first-order valence-electron chi connectivity index (χ1n) is 11.0. The van der Waals surface area contributed by atoms with Crippen molar-refractivity contribution < 1.29 is 14.3 Å². The van der Waals surface area contributed by atoms with E-state index in [1.54, 1.807) is 44.2 Å². The summed E-state index contributed by atoms with van der Waals surface area (Å²) in [6.45, 7) is 5.39. The first-order chi connectivity index (χ1) is 17.1. The van der Waals surface area contributed by atoms with E-state index in [2.05, 4.69) is 36.9 Å². The van der Waals surface area contributed by atoms with E-state index in [1.165, 1.54) is 11.3 Å². The van der Waals surface area contributed by atoms with Crippen LogP contribution in [-0.4, -0.2) is 30.0 Å². The molecule has 1 aliphatic heterocycles. The Morgan fingerprint density at radius 2 is 1.83 bits per heavy atom. The van der Waals surface area contributed by atoms with Gasteiger partial charge in [-0.2, -0.15) is 0 Å². The van der Waals surface area contributed by atoms with E-state index in [0.717, 1.165) is 25.0 Å². The van der Waals surface area contributed by atoms with Gasteiger partial charge >= 0.3 is 5.97 Å². The number of rotatable bonds is 6. The average molecular weight is 652 g/mol. The molecule has 1 atom stereocenters. The maximum Gasteiger partial charge on any atom is 0.338 e. The van der Waals surface area contributed by atoms with Gasteiger partial charge in [-0.3, -0.25) is 9.36 Å². The van der Waals surface area contributed by atoms with Crippen LogP contribution in [0, 0.1) is 0 Å². The van der Waals surface area contributed by atoms with Crippen LogP contribution in [0.3, 0.4) is 0 Å². The maximum absolute atomic E-state index is 13.8. The normalized spacial score (nSPS) is 15.7. The predicted molar refractivity (Wildman–Crippen MR) is 152 cm³/mol. The highest BCUT2D eigenvalue weighted by Crippen LogP contribution is 2.35. The lowest BCUT2D eigenvalue weighted by atomic mass is 9.96. The van der Waals surface area contributed by atoms with Gasteiger partial charge in [0.05, 0.1) is 44.0 Å². The molecule has 0 N–H and O–H groups in total. The van der Waals surface area contributed by atoms with Crippen molar-refractivity contribution in [1.82, 2.24) is 4.57 Å². The molecule has 1 aromatic heterocycles. The highest BCUT2D eigenvalue weighted by atomic mass is 79.9.